The van der Waals surface area contributed by atoms with Crippen molar-refractivity contribution in [2.45, 2.75) is 20.4 Å². The van der Waals surface area contributed by atoms with Crippen molar-refractivity contribution in [1.29, 1.82) is 0 Å². The molecule has 1 fully saturated rings. The van der Waals surface area contributed by atoms with Gasteiger partial charge in [-0.2, -0.15) is 16.9 Å². The van der Waals surface area contributed by atoms with Gasteiger partial charge in [-0.3, -0.25) is 14.4 Å². The van der Waals surface area contributed by atoms with Gasteiger partial charge in [0.25, 0.3) is 0 Å². The summed E-state index contributed by atoms with van der Waals surface area (Å²) < 4.78 is 2.06. The van der Waals surface area contributed by atoms with E-state index >= 15 is 0 Å². The van der Waals surface area contributed by atoms with E-state index in [9.17, 15) is 0 Å². The van der Waals surface area contributed by atoms with Crippen LogP contribution in [0.15, 0.2) is 43.0 Å². The van der Waals surface area contributed by atoms with Gasteiger partial charge in [0.1, 0.15) is 0 Å². The summed E-state index contributed by atoms with van der Waals surface area (Å²) in [6.07, 6.45) is 7.53. The lowest BCUT2D eigenvalue weighted by Crippen LogP contribution is -2.32. The summed E-state index contributed by atoms with van der Waals surface area (Å²) in [6.45, 7) is 7.55. The lowest BCUT2D eigenvalue weighted by atomic mass is 10.1. The van der Waals surface area contributed by atoms with Gasteiger partial charge in [-0.25, -0.2) is 9.97 Å². The van der Waals surface area contributed by atoms with Gasteiger partial charge in [0.05, 0.1) is 23.8 Å². The molecular formula is C22H25N7S. The van der Waals surface area contributed by atoms with E-state index in [4.69, 9.17) is 4.98 Å². The second-order valence-corrected chi connectivity index (χ2v) is 8.93. The summed E-state index contributed by atoms with van der Waals surface area (Å²) in [5.41, 5.74) is 7.41. The molecule has 4 aromatic rings. The smallest absolute Gasteiger partial charge is 0.180 e. The second-order valence-electron chi connectivity index (χ2n) is 7.71. The number of benzene rings is 1. The van der Waals surface area contributed by atoms with Crippen LogP contribution in [0.4, 0.5) is 11.5 Å². The Morgan fingerprint density at radius 2 is 2.03 bits per heavy atom. The quantitative estimate of drug-likeness (QED) is 0.509. The average Bonchev–Trinajstić information content (AvgIpc) is 3.40. The van der Waals surface area contributed by atoms with E-state index in [2.05, 4.69) is 54.9 Å². The minimum absolute atomic E-state index is 0.755. The minimum atomic E-state index is 0.755. The molecule has 0 unspecified atom stereocenters. The number of nitrogens with zero attached hydrogens (tertiary/aromatic N) is 5. The average molecular weight is 420 g/mol. The van der Waals surface area contributed by atoms with Gasteiger partial charge in [-0.05, 0) is 37.1 Å². The van der Waals surface area contributed by atoms with E-state index in [0.717, 1.165) is 40.6 Å². The molecule has 1 aromatic carbocycles. The summed E-state index contributed by atoms with van der Waals surface area (Å²) in [4.78, 5) is 11.9. The Bertz CT molecular complexity index is 1160. The first-order valence-electron chi connectivity index (χ1n) is 10.2. The third kappa shape index (κ3) is 3.80. The number of aryl methyl sites for hydroxylation is 2. The van der Waals surface area contributed by atoms with Crippen LogP contribution < -0.4 is 5.32 Å². The standard InChI is InChI=1S/C22H25N7S/c1-15-9-19(4-3-17(15)14-28-5-7-30-8-6-28)27-21-22-23-12-20(18-10-24-25-11-18)29(22)13-16(2)26-21/h3-4,9-13H,5-8,14H2,1-2H3,(H,24,25)(H,26,27). The van der Waals surface area contributed by atoms with E-state index in [1.54, 1.807) is 6.20 Å². The predicted octanol–water partition coefficient (Wildman–Crippen LogP) is 4.03. The molecule has 30 heavy (non-hydrogen) atoms. The van der Waals surface area contributed by atoms with Gasteiger partial charge >= 0.3 is 0 Å². The number of aromatic nitrogens is 5. The monoisotopic (exact) mass is 419 g/mol. The molecule has 8 heteroatoms. The maximum atomic E-state index is 4.71. The fourth-order valence-electron chi connectivity index (χ4n) is 3.89. The fraction of sp³-hybridized carbons (Fsp3) is 0.318. The molecule has 0 atom stereocenters. The van der Waals surface area contributed by atoms with Crippen molar-refractivity contribution in [3.05, 3.63) is 59.8 Å². The number of anilines is 2. The van der Waals surface area contributed by atoms with Crippen molar-refractivity contribution >= 4 is 28.9 Å². The van der Waals surface area contributed by atoms with E-state index in [1.165, 1.54) is 35.7 Å². The summed E-state index contributed by atoms with van der Waals surface area (Å²) in [5, 5.41) is 10.4. The lowest BCUT2D eigenvalue weighted by molar-refractivity contribution is 0.294. The molecule has 0 amide bonds. The highest BCUT2D eigenvalue weighted by atomic mass is 32.2. The van der Waals surface area contributed by atoms with Crippen molar-refractivity contribution in [3.63, 3.8) is 0 Å². The third-order valence-electron chi connectivity index (χ3n) is 5.51. The number of aromatic amines is 1. The highest BCUT2D eigenvalue weighted by Gasteiger charge is 2.14. The topological polar surface area (TPSA) is 74.1 Å². The molecule has 4 heterocycles. The molecule has 0 spiro atoms. The molecule has 1 aliphatic rings. The fourth-order valence-corrected chi connectivity index (χ4v) is 4.86. The Hall–Kier alpha value is -2.84. The number of fused-ring (bicyclic) bond motifs is 1. The summed E-state index contributed by atoms with van der Waals surface area (Å²) in [6, 6.07) is 6.57. The SMILES string of the molecule is Cc1cn2c(-c3cn[nH]c3)cnc2c(Nc2ccc(CN3CCSCC3)c(C)c2)n1. The molecule has 0 saturated carbocycles. The van der Waals surface area contributed by atoms with Crippen molar-refractivity contribution in [1.82, 2.24) is 29.5 Å². The van der Waals surface area contributed by atoms with Crippen LogP contribution in [0.2, 0.25) is 0 Å². The maximum absolute atomic E-state index is 4.71. The van der Waals surface area contributed by atoms with Crippen molar-refractivity contribution < 1.29 is 0 Å². The van der Waals surface area contributed by atoms with Crippen LogP contribution in [0, 0.1) is 13.8 Å². The lowest BCUT2D eigenvalue weighted by Gasteiger charge is -2.26. The molecule has 0 bridgehead atoms. The highest BCUT2D eigenvalue weighted by Crippen LogP contribution is 2.27. The van der Waals surface area contributed by atoms with Crippen LogP contribution in [0.5, 0.6) is 0 Å². The minimum Gasteiger partial charge on any atom is -0.337 e. The first-order chi connectivity index (χ1) is 14.7. The number of hydrogen-bond acceptors (Lipinski definition) is 6. The second kappa shape index (κ2) is 8.12. The zero-order valence-corrected chi connectivity index (χ0v) is 18.0. The van der Waals surface area contributed by atoms with Crippen LogP contribution in [0.1, 0.15) is 16.8 Å². The molecule has 3 aromatic heterocycles. The van der Waals surface area contributed by atoms with Gasteiger partial charge in [-0.1, -0.05) is 6.07 Å². The normalized spacial score (nSPS) is 15.0. The predicted molar refractivity (Wildman–Crippen MR) is 122 cm³/mol. The molecular weight excluding hydrogens is 394 g/mol. The Kier molecular flexibility index (Phi) is 5.18. The van der Waals surface area contributed by atoms with E-state index in [0.29, 0.717) is 0 Å². The van der Waals surface area contributed by atoms with E-state index < -0.39 is 0 Å². The molecule has 0 aliphatic carbocycles. The summed E-state index contributed by atoms with van der Waals surface area (Å²) in [5.74, 6) is 3.22. The molecule has 5 rings (SSSR count). The van der Waals surface area contributed by atoms with Crippen LogP contribution in [0.25, 0.3) is 16.9 Å². The number of rotatable bonds is 5. The van der Waals surface area contributed by atoms with Gasteiger partial charge in [-0.15, -0.1) is 0 Å². The number of thioether (sulfide) groups is 1. The zero-order valence-electron chi connectivity index (χ0n) is 17.2. The molecule has 2 N–H and O–H groups in total. The number of imidazole rings is 1. The first-order valence-corrected chi connectivity index (χ1v) is 11.3. The van der Waals surface area contributed by atoms with Crippen LogP contribution >= 0.6 is 11.8 Å². The van der Waals surface area contributed by atoms with Crippen LogP contribution in [-0.2, 0) is 6.54 Å². The molecule has 7 nitrogen and oxygen atoms in total. The molecule has 1 saturated heterocycles. The Morgan fingerprint density at radius 1 is 1.17 bits per heavy atom. The Morgan fingerprint density at radius 3 is 2.80 bits per heavy atom. The number of nitrogens with one attached hydrogen (secondary N) is 2. The Labute approximate surface area is 179 Å². The number of hydrogen-bond donors (Lipinski definition) is 2. The number of H-pyrrole nitrogens is 1. The van der Waals surface area contributed by atoms with Crippen molar-refractivity contribution in [3.8, 4) is 11.3 Å². The van der Waals surface area contributed by atoms with Gasteiger partial charge in [0, 0.05) is 54.8 Å². The largest absolute Gasteiger partial charge is 0.337 e. The van der Waals surface area contributed by atoms with Gasteiger partial charge < -0.3 is 5.32 Å². The maximum Gasteiger partial charge on any atom is 0.180 e. The van der Waals surface area contributed by atoms with Gasteiger partial charge in [0.15, 0.2) is 11.5 Å². The first kappa shape index (κ1) is 19.1. The zero-order chi connectivity index (χ0) is 20.5. The summed E-state index contributed by atoms with van der Waals surface area (Å²) in [7, 11) is 0. The van der Waals surface area contributed by atoms with E-state index in [-0.39, 0.29) is 0 Å². The summed E-state index contributed by atoms with van der Waals surface area (Å²) >= 11 is 2.05. The van der Waals surface area contributed by atoms with Crippen LogP contribution in [-0.4, -0.2) is 54.1 Å². The Balaban J connectivity index is 1.42. The third-order valence-corrected chi connectivity index (χ3v) is 6.45. The molecule has 154 valence electrons. The van der Waals surface area contributed by atoms with Crippen molar-refractivity contribution in [2.24, 2.45) is 0 Å². The molecule has 1 aliphatic heterocycles. The van der Waals surface area contributed by atoms with Crippen LogP contribution in [0.3, 0.4) is 0 Å². The highest BCUT2D eigenvalue weighted by molar-refractivity contribution is 7.99. The van der Waals surface area contributed by atoms with Crippen molar-refractivity contribution in [2.75, 3.05) is 29.9 Å². The van der Waals surface area contributed by atoms with E-state index in [1.807, 2.05) is 37.3 Å². The van der Waals surface area contributed by atoms with Gasteiger partial charge in [0.2, 0.25) is 0 Å². The molecule has 0 radical (unpaired) electrons.